The number of anilines is 1. The number of benzene rings is 1. The van der Waals surface area contributed by atoms with Gasteiger partial charge in [0.2, 0.25) is 5.91 Å². The zero-order chi connectivity index (χ0) is 18.5. The van der Waals surface area contributed by atoms with Gasteiger partial charge in [-0.1, -0.05) is 19.9 Å². The lowest BCUT2D eigenvalue weighted by atomic mass is 10.0. The zero-order valence-corrected chi connectivity index (χ0v) is 15.2. The van der Waals surface area contributed by atoms with E-state index >= 15 is 0 Å². The van der Waals surface area contributed by atoms with Crippen LogP contribution in [0.3, 0.4) is 0 Å². The average Bonchev–Trinajstić information content (AvgIpc) is 3.33. The number of thiophene rings is 1. The van der Waals surface area contributed by atoms with E-state index in [1.165, 1.54) is 17.7 Å². The van der Waals surface area contributed by atoms with Crippen molar-refractivity contribution in [3.8, 4) is 5.69 Å². The molecule has 2 N–H and O–H groups in total. The standard InChI is InChI=1S/C18H19N5O2S/c1-12(2)16(22-17(24)15-4-3-9-26-15)18(25)21-13-5-7-14(8-6-13)23-11-19-10-20-23/h3-12,16H,1-2H3,(H,21,25)(H,22,24). The van der Waals surface area contributed by atoms with Crippen LogP contribution >= 0.6 is 11.3 Å². The van der Waals surface area contributed by atoms with Crippen molar-refractivity contribution in [2.75, 3.05) is 5.32 Å². The van der Waals surface area contributed by atoms with Crippen molar-refractivity contribution in [3.63, 3.8) is 0 Å². The van der Waals surface area contributed by atoms with Crippen LogP contribution in [0.25, 0.3) is 5.69 Å². The van der Waals surface area contributed by atoms with Crippen LogP contribution in [0.1, 0.15) is 23.5 Å². The maximum Gasteiger partial charge on any atom is 0.262 e. The Morgan fingerprint density at radius 2 is 1.92 bits per heavy atom. The molecule has 26 heavy (non-hydrogen) atoms. The van der Waals surface area contributed by atoms with E-state index in [9.17, 15) is 9.59 Å². The van der Waals surface area contributed by atoms with Gasteiger partial charge in [-0.2, -0.15) is 5.10 Å². The minimum atomic E-state index is -0.625. The number of nitrogens with one attached hydrogen (secondary N) is 2. The Morgan fingerprint density at radius 3 is 2.50 bits per heavy atom. The maximum absolute atomic E-state index is 12.6. The monoisotopic (exact) mass is 369 g/mol. The van der Waals surface area contributed by atoms with Gasteiger partial charge in [0.05, 0.1) is 10.6 Å². The highest BCUT2D eigenvalue weighted by atomic mass is 32.1. The first-order valence-electron chi connectivity index (χ1n) is 8.15. The number of carbonyl (C=O) groups excluding carboxylic acids is 2. The molecule has 0 bridgehead atoms. The fourth-order valence-corrected chi connectivity index (χ4v) is 3.04. The van der Waals surface area contributed by atoms with E-state index in [0.29, 0.717) is 10.6 Å². The molecule has 3 rings (SSSR count). The van der Waals surface area contributed by atoms with E-state index < -0.39 is 6.04 Å². The zero-order valence-electron chi connectivity index (χ0n) is 14.4. The Morgan fingerprint density at radius 1 is 1.15 bits per heavy atom. The molecule has 8 heteroatoms. The molecule has 7 nitrogen and oxygen atoms in total. The normalized spacial score (nSPS) is 12.0. The number of aromatic nitrogens is 3. The SMILES string of the molecule is CC(C)C(NC(=O)c1cccs1)C(=O)Nc1ccc(-n2cncn2)cc1. The van der Waals surface area contributed by atoms with Crippen molar-refractivity contribution in [1.29, 1.82) is 0 Å². The van der Waals surface area contributed by atoms with Crippen LogP contribution in [-0.2, 0) is 4.79 Å². The van der Waals surface area contributed by atoms with Crippen molar-refractivity contribution in [2.45, 2.75) is 19.9 Å². The van der Waals surface area contributed by atoms with E-state index in [1.54, 1.807) is 35.3 Å². The molecule has 3 aromatic rings. The molecule has 0 spiro atoms. The second-order valence-electron chi connectivity index (χ2n) is 6.05. The summed E-state index contributed by atoms with van der Waals surface area (Å²) in [6.45, 7) is 3.79. The van der Waals surface area contributed by atoms with Gasteiger partial charge in [-0.25, -0.2) is 9.67 Å². The molecule has 1 aromatic carbocycles. The van der Waals surface area contributed by atoms with Crippen molar-refractivity contribution in [3.05, 3.63) is 59.3 Å². The van der Waals surface area contributed by atoms with E-state index in [-0.39, 0.29) is 17.7 Å². The van der Waals surface area contributed by atoms with Crippen LogP contribution in [0, 0.1) is 5.92 Å². The highest BCUT2D eigenvalue weighted by Crippen LogP contribution is 2.15. The smallest absolute Gasteiger partial charge is 0.262 e. The number of nitrogens with zero attached hydrogens (tertiary/aromatic N) is 3. The van der Waals surface area contributed by atoms with Crippen LogP contribution in [0.4, 0.5) is 5.69 Å². The molecule has 0 saturated heterocycles. The first-order chi connectivity index (χ1) is 12.5. The quantitative estimate of drug-likeness (QED) is 0.699. The molecule has 1 unspecified atom stereocenters. The molecule has 2 heterocycles. The van der Waals surface area contributed by atoms with Crippen LogP contribution in [0.5, 0.6) is 0 Å². The number of rotatable bonds is 6. The molecule has 0 aliphatic carbocycles. The molecule has 2 aromatic heterocycles. The third-order valence-corrected chi connectivity index (χ3v) is 4.67. The van der Waals surface area contributed by atoms with Crippen molar-refractivity contribution in [2.24, 2.45) is 5.92 Å². The fourth-order valence-electron chi connectivity index (χ4n) is 2.41. The van der Waals surface area contributed by atoms with E-state index in [1.807, 2.05) is 31.4 Å². The highest BCUT2D eigenvalue weighted by Gasteiger charge is 2.25. The van der Waals surface area contributed by atoms with E-state index in [0.717, 1.165) is 5.69 Å². The van der Waals surface area contributed by atoms with Gasteiger partial charge in [-0.05, 0) is 41.6 Å². The summed E-state index contributed by atoms with van der Waals surface area (Å²) >= 11 is 1.34. The van der Waals surface area contributed by atoms with E-state index in [4.69, 9.17) is 0 Å². The third-order valence-electron chi connectivity index (χ3n) is 3.80. The van der Waals surface area contributed by atoms with Gasteiger partial charge in [-0.15, -0.1) is 11.3 Å². The van der Waals surface area contributed by atoms with Crippen molar-refractivity contribution in [1.82, 2.24) is 20.1 Å². The predicted molar refractivity (Wildman–Crippen MR) is 100 cm³/mol. The Kier molecular flexibility index (Phi) is 5.43. The topological polar surface area (TPSA) is 88.9 Å². The van der Waals surface area contributed by atoms with Crippen LogP contribution in [0.15, 0.2) is 54.4 Å². The molecule has 0 radical (unpaired) electrons. The summed E-state index contributed by atoms with van der Waals surface area (Å²) in [5.41, 5.74) is 1.49. The Labute approximate surface area is 155 Å². The van der Waals surface area contributed by atoms with Gasteiger partial charge in [0.15, 0.2) is 0 Å². The molecule has 0 saturated carbocycles. The van der Waals surface area contributed by atoms with Gasteiger partial charge >= 0.3 is 0 Å². The number of hydrogen-bond donors (Lipinski definition) is 2. The van der Waals surface area contributed by atoms with E-state index in [2.05, 4.69) is 20.7 Å². The Bertz CT molecular complexity index is 858. The van der Waals surface area contributed by atoms with Gasteiger partial charge in [-0.3, -0.25) is 9.59 Å². The molecule has 134 valence electrons. The van der Waals surface area contributed by atoms with Gasteiger partial charge in [0.25, 0.3) is 5.91 Å². The van der Waals surface area contributed by atoms with Crippen LogP contribution in [0.2, 0.25) is 0 Å². The summed E-state index contributed by atoms with van der Waals surface area (Å²) in [6.07, 6.45) is 3.06. The number of hydrogen-bond acceptors (Lipinski definition) is 5. The largest absolute Gasteiger partial charge is 0.339 e. The summed E-state index contributed by atoms with van der Waals surface area (Å²) < 4.78 is 1.63. The fraction of sp³-hybridized carbons (Fsp3) is 0.222. The lowest BCUT2D eigenvalue weighted by Gasteiger charge is -2.21. The molecule has 1 atom stereocenters. The average molecular weight is 369 g/mol. The van der Waals surface area contributed by atoms with Crippen molar-refractivity contribution < 1.29 is 9.59 Å². The first kappa shape index (κ1) is 17.8. The van der Waals surface area contributed by atoms with Crippen molar-refractivity contribution >= 4 is 28.8 Å². The lowest BCUT2D eigenvalue weighted by molar-refractivity contribution is -0.118. The molecule has 0 fully saturated rings. The summed E-state index contributed by atoms with van der Waals surface area (Å²) in [7, 11) is 0. The summed E-state index contributed by atoms with van der Waals surface area (Å²) in [6, 6.07) is 10.1. The van der Waals surface area contributed by atoms with Gasteiger partial charge < -0.3 is 10.6 Å². The summed E-state index contributed by atoms with van der Waals surface area (Å²) in [4.78, 5) is 29.4. The second kappa shape index (κ2) is 7.92. The van der Waals surface area contributed by atoms with Crippen LogP contribution < -0.4 is 10.6 Å². The summed E-state index contributed by atoms with van der Waals surface area (Å²) in [5, 5.41) is 11.5. The number of amides is 2. The molecule has 0 aliphatic heterocycles. The second-order valence-corrected chi connectivity index (χ2v) is 7.00. The molecule has 2 amide bonds. The third kappa shape index (κ3) is 4.15. The molecular formula is C18H19N5O2S. The first-order valence-corrected chi connectivity index (χ1v) is 9.03. The maximum atomic E-state index is 12.6. The minimum absolute atomic E-state index is 0.0478. The molecular weight excluding hydrogens is 350 g/mol. The lowest BCUT2D eigenvalue weighted by Crippen LogP contribution is -2.46. The Balaban J connectivity index is 1.67. The Hall–Kier alpha value is -3.00. The van der Waals surface area contributed by atoms with Gasteiger partial charge in [0.1, 0.15) is 18.7 Å². The minimum Gasteiger partial charge on any atom is -0.339 e. The highest BCUT2D eigenvalue weighted by molar-refractivity contribution is 7.12. The van der Waals surface area contributed by atoms with Crippen LogP contribution in [-0.4, -0.2) is 32.6 Å². The predicted octanol–water partition coefficient (Wildman–Crippen LogP) is 2.72. The van der Waals surface area contributed by atoms with Gasteiger partial charge in [0, 0.05) is 5.69 Å². The summed E-state index contributed by atoms with van der Waals surface area (Å²) in [5.74, 6) is -0.540. The molecule has 0 aliphatic rings. The number of carbonyl (C=O) groups is 2.